The average Bonchev–Trinajstić information content (AvgIpc) is 2.97. The van der Waals surface area contributed by atoms with E-state index >= 15 is 0 Å². The van der Waals surface area contributed by atoms with E-state index in [1.807, 2.05) is 7.05 Å². The summed E-state index contributed by atoms with van der Waals surface area (Å²) in [4.78, 5) is 28.4. The Labute approximate surface area is 196 Å². The van der Waals surface area contributed by atoms with Crippen molar-refractivity contribution in [2.75, 3.05) is 11.9 Å². The number of imide groups is 1. The predicted octanol–water partition coefficient (Wildman–Crippen LogP) is 5.95. The molecule has 4 rings (SSSR count). The van der Waals surface area contributed by atoms with Crippen molar-refractivity contribution in [2.45, 2.75) is 45.2 Å². The van der Waals surface area contributed by atoms with Crippen LogP contribution in [0.4, 0.5) is 14.9 Å². The van der Waals surface area contributed by atoms with Gasteiger partial charge in [-0.2, -0.15) is 0 Å². The molecule has 0 radical (unpaired) electrons. The van der Waals surface area contributed by atoms with Gasteiger partial charge in [0.05, 0.1) is 16.6 Å². The number of nitrogens with one attached hydrogen (secondary N) is 1. The molecule has 2 heterocycles. The van der Waals surface area contributed by atoms with Gasteiger partial charge in [-0.15, -0.1) is 0 Å². The molecule has 2 aromatic carbocycles. The number of urea groups is 1. The zero-order valence-corrected chi connectivity index (χ0v) is 19.8. The summed E-state index contributed by atoms with van der Waals surface area (Å²) in [5.41, 5.74) is 2.73. The smallest absolute Gasteiger partial charge is 0.329 e. The van der Waals surface area contributed by atoms with Crippen molar-refractivity contribution < 1.29 is 14.0 Å². The minimum absolute atomic E-state index is 0.0302. The van der Waals surface area contributed by atoms with Crippen molar-refractivity contribution in [1.82, 2.24) is 10.2 Å². The van der Waals surface area contributed by atoms with Crippen LogP contribution in [-0.4, -0.2) is 29.4 Å². The number of hydrogen-bond donors (Lipinski definition) is 1. The molecule has 2 aromatic rings. The molecule has 0 aliphatic carbocycles. The molecule has 1 unspecified atom stereocenters. The number of anilines is 1. The van der Waals surface area contributed by atoms with Crippen LogP contribution in [0.2, 0.25) is 10.0 Å². The average molecular weight is 476 g/mol. The Hall–Kier alpha value is -2.57. The highest BCUT2D eigenvalue weighted by Crippen LogP contribution is 2.43. The molecule has 3 amide bonds. The molecule has 0 saturated carbocycles. The van der Waals surface area contributed by atoms with Gasteiger partial charge in [-0.1, -0.05) is 36.2 Å². The lowest BCUT2D eigenvalue weighted by molar-refractivity contribution is -0.123. The van der Waals surface area contributed by atoms with E-state index in [0.717, 1.165) is 22.6 Å². The van der Waals surface area contributed by atoms with Crippen LogP contribution in [0.25, 0.3) is 6.08 Å². The minimum Gasteiger partial charge on any atom is -0.369 e. The summed E-state index contributed by atoms with van der Waals surface area (Å²) in [6.07, 6.45) is 2.32. The molecule has 0 spiro atoms. The number of carbonyl (C=O) groups excluding carboxylic acids is 2. The maximum Gasteiger partial charge on any atom is 0.329 e. The van der Waals surface area contributed by atoms with Crippen LogP contribution >= 0.6 is 23.2 Å². The van der Waals surface area contributed by atoms with E-state index in [2.05, 4.69) is 31.0 Å². The van der Waals surface area contributed by atoms with Crippen LogP contribution in [0.3, 0.4) is 0 Å². The zero-order chi connectivity index (χ0) is 23.4. The number of benzene rings is 2. The number of fused-ring (bicyclic) bond motifs is 1. The highest BCUT2D eigenvalue weighted by Gasteiger charge is 2.36. The first-order valence-electron chi connectivity index (χ1n) is 10.3. The van der Waals surface area contributed by atoms with Crippen molar-refractivity contribution in [3.8, 4) is 0 Å². The fourth-order valence-corrected chi connectivity index (χ4v) is 4.73. The fourth-order valence-electron chi connectivity index (χ4n) is 4.41. The molecule has 168 valence electrons. The third-order valence-corrected chi connectivity index (χ3v) is 7.08. The van der Waals surface area contributed by atoms with Gasteiger partial charge in [-0.05, 0) is 67.7 Å². The maximum atomic E-state index is 15.0. The highest BCUT2D eigenvalue weighted by atomic mass is 35.5. The van der Waals surface area contributed by atoms with E-state index in [9.17, 15) is 14.0 Å². The number of halogens is 3. The van der Waals surface area contributed by atoms with Crippen LogP contribution in [0.15, 0.2) is 36.0 Å². The largest absolute Gasteiger partial charge is 0.369 e. The Bertz CT molecular complexity index is 1160. The van der Waals surface area contributed by atoms with Crippen molar-refractivity contribution in [1.29, 1.82) is 0 Å². The Morgan fingerprint density at radius 3 is 2.59 bits per heavy atom. The number of nitrogens with zero attached hydrogens (tertiary/aromatic N) is 2. The highest BCUT2D eigenvalue weighted by molar-refractivity contribution is 6.42. The van der Waals surface area contributed by atoms with Crippen molar-refractivity contribution in [3.63, 3.8) is 0 Å². The normalized spacial score (nSPS) is 21.2. The summed E-state index contributed by atoms with van der Waals surface area (Å²) >= 11 is 12.0. The summed E-state index contributed by atoms with van der Waals surface area (Å²) < 4.78 is 15.0. The Balaban J connectivity index is 1.63. The molecular weight excluding hydrogens is 452 g/mol. The van der Waals surface area contributed by atoms with Crippen molar-refractivity contribution in [3.05, 3.63) is 68.6 Å². The molecule has 8 heteroatoms. The first kappa shape index (κ1) is 22.6. The molecule has 5 nitrogen and oxygen atoms in total. The molecular formula is C24H24Cl2FN3O2. The van der Waals surface area contributed by atoms with Crippen molar-refractivity contribution >= 4 is 46.9 Å². The third kappa shape index (κ3) is 3.97. The van der Waals surface area contributed by atoms with Gasteiger partial charge in [0.1, 0.15) is 11.5 Å². The van der Waals surface area contributed by atoms with E-state index in [1.165, 1.54) is 12.1 Å². The standard InChI is InChI=1S/C24H24Cl2FN3O2/c1-13-11-24(2,3)29(4)21-10-19(27)15(8-16(13)21)9-20-22(31)30(23(32)28-20)12-14-5-6-17(25)18(26)7-14/h5-10,13H,11-12H2,1-4H3,(H,28,32)/b20-9+. The Morgan fingerprint density at radius 1 is 1.19 bits per heavy atom. The summed E-state index contributed by atoms with van der Waals surface area (Å²) in [7, 11) is 1.96. The third-order valence-electron chi connectivity index (χ3n) is 6.34. The number of amides is 3. The first-order chi connectivity index (χ1) is 15.0. The number of hydrogen-bond acceptors (Lipinski definition) is 3. The summed E-state index contributed by atoms with van der Waals surface area (Å²) in [5.74, 6) is -0.739. The van der Waals surface area contributed by atoms with E-state index in [-0.39, 0.29) is 29.3 Å². The summed E-state index contributed by atoms with van der Waals surface area (Å²) in [6.45, 7) is 6.41. The van der Waals surface area contributed by atoms with Gasteiger partial charge in [0.2, 0.25) is 0 Å². The van der Waals surface area contributed by atoms with Crippen LogP contribution in [0.1, 0.15) is 49.8 Å². The second kappa shape index (κ2) is 8.09. The molecule has 2 aliphatic rings. The van der Waals surface area contributed by atoms with E-state index < -0.39 is 17.8 Å². The molecule has 32 heavy (non-hydrogen) atoms. The van der Waals surface area contributed by atoms with Gasteiger partial charge in [-0.25, -0.2) is 9.18 Å². The van der Waals surface area contributed by atoms with Gasteiger partial charge in [0, 0.05) is 23.8 Å². The second-order valence-corrected chi connectivity index (χ2v) is 9.85. The van der Waals surface area contributed by atoms with Crippen LogP contribution in [0, 0.1) is 5.82 Å². The van der Waals surface area contributed by atoms with Crippen LogP contribution < -0.4 is 10.2 Å². The van der Waals surface area contributed by atoms with Gasteiger partial charge in [0.25, 0.3) is 5.91 Å². The topological polar surface area (TPSA) is 52.7 Å². The summed E-state index contributed by atoms with van der Waals surface area (Å²) in [6, 6.07) is 7.62. The van der Waals surface area contributed by atoms with E-state index in [0.29, 0.717) is 15.6 Å². The quantitative estimate of drug-likeness (QED) is 0.440. The minimum atomic E-state index is -0.569. The Kier molecular flexibility index (Phi) is 5.72. The first-order valence-corrected chi connectivity index (χ1v) is 11.1. The fraction of sp³-hybridized carbons (Fsp3) is 0.333. The second-order valence-electron chi connectivity index (χ2n) is 9.04. The lowest BCUT2D eigenvalue weighted by Gasteiger charge is -2.45. The molecule has 1 atom stereocenters. The monoisotopic (exact) mass is 475 g/mol. The van der Waals surface area contributed by atoms with Crippen molar-refractivity contribution in [2.24, 2.45) is 0 Å². The van der Waals surface area contributed by atoms with Gasteiger partial charge >= 0.3 is 6.03 Å². The predicted molar refractivity (Wildman–Crippen MR) is 125 cm³/mol. The lowest BCUT2D eigenvalue weighted by Crippen LogP contribution is -2.45. The van der Waals surface area contributed by atoms with E-state index in [4.69, 9.17) is 23.2 Å². The number of carbonyl (C=O) groups is 2. The molecule has 1 fully saturated rings. The maximum absolute atomic E-state index is 15.0. The van der Waals surface area contributed by atoms with Crippen LogP contribution in [0.5, 0.6) is 0 Å². The molecule has 1 N–H and O–H groups in total. The SMILES string of the molecule is CC1CC(C)(C)N(C)c2cc(F)c(/C=C3/NC(=O)N(Cc4ccc(Cl)c(Cl)c4)C3=O)cc21. The number of rotatable bonds is 3. The van der Waals surface area contributed by atoms with E-state index in [1.54, 1.807) is 24.3 Å². The van der Waals surface area contributed by atoms with Gasteiger partial charge in [-0.3, -0.25) is 9.69 Å². The summed E-state index contributed by atoms with van der Waals surface area (Å²) in [5, 5.41) is 3.28. The van der Waals surface area contributed by atoms with Crippen LogP contribution in [-0.2, 0) is 11.3 Å². The lowest BCUT2D eigenvalue weighted by atomic mass is 9.80. The molecule has 0 aromatic heterocycles. The van der Waals surface area contributed by atoms with Gasteiger partial charge in [0.15, 0.2) is 0 Å². The molecule has 2 aliphatic heterocycles. The Morgan fingerprint density at radius 2 is 1.91 bits per heavy atom. The molecule has 0 bridgehead atoms. The van der Waals surface area contributed by atoms with Gasteiger partial charge < -0.3 is 10.2 Å². The zero-order valence-electron chi connectivity index (χ0n) is 18.3. The molecule has 1 saturated heterocycles.